The van der Waals surface area contributed by atoms with Crippen LogP contribution in [0.15, 0.2) is 5.38 Å². The van der Waals surface area contributed by atoms with E-state index in [1.54, 1.807) is 11.3 Å². The number of aromatic nitrogens is 1. The summed E-state index contributed by atoms with van der Waals surface area (Å²) in [7, 11) is 0. The molecule has 1 atom stereocenters. The molecule has 0 amide bonds. The molecule has 0 radical (unpaired) electrons. The normalized spacial score (nSPS) is 21.0. The highest BCUT2D eigenvalue weighted by molar-refractivity contribution is 7.09. The predicted octanol–water partition coefficient (Wildman–Crippen LogP) is 2.71. The zero-order valence-corrected chi connectivity index (χ0v) is 11.8. The van der Waals surface area contributed by atoms with E-state index < -0.39 is 0 Å². The van der Waals surface area contributed by atoms with Crippen LogP contribution in [0.2, 0.25) is 0 Å². The summed E-state index contributed by atoms with van der Waals surface area (Å²) in [6, 6.07) is 0.625. The first-order valence-corrected chi connectivity index (χ1v) is 7.32. The fourth-order valence-corrected chi connectivity index (χ4v) is 3.19. The Labute approximate surface area is 108 Å². The van der Waals surface area contributed by atoms with Gasteiger partial charge in [-0.25, -0.2) is 4.98 Å². The van der Waals surface area contributed by atoms with E-state index in [0.717, 1.165) is 24.6 Å². The van der Waals surface area contributed by atoms with Crippen LogP contribution >= 0.6 is 11.3 Å². The molecule has 1 aliphatic rings. The molecule has 1 aromatic heterocycles. The van der Waals surface area contributed by atoms with Gasteiger partial charge in [0.15, 0.2) is 0 Å². The lowest BCUT2D eigenvalue weighted by molar-refractivity contribution is -0.0142. The number of hydrogen-bond acceptors (Lipinski definition) is 4. The van der Waals surface area contributed by atoms with Gasteiger partial charge in [-0.15, -0.1) is 11.3 Å². The third-order valence-electron chi connectivity index (χ3n) is 3.19. The van der Waals surface area contributed by atoms with Crippen molar-refractivity contribution in [3.05, 3.63) is 16.1 Å². The molecular formula is C13H22N2OS. The number of hydrogen-bond donors (Lipinski definition) is 1. The summed E-state index contributed by atoms with van der Waals surface area (Å²) in [6.07, 6.45) is 3.63. The standard InChI is InChI=1S/C13H22N2OS/c1-4-16-13(2,3)12-15-11(9-17-12)8-10-6-5-7-14-10/h9-10,14H,4-8H2,1-3H3. The van der Waals surface area contributed by atoms with E-state index in [1.165, 1.54) is 18.5 Å². The van der Waals surface area contributed by atoms with E-state index in [9.17, 15) is 0 Å². The van der Waals surface area contributed by atoms with Gasteiger partial charge in [0.2, 0.25) is 0 Å². The van der Waals surface area contributed by atoms with Crippen molar-refractivity contribution in [3.63, 3.8) is 0 Å². The lowest BCUT2D eigenvalue weighted by Crippen LogP contribution is -2.24. The smallest absolute Gasteiger partial charge is 0.124 e. The van der Waals surface area contributed by atoms with Crippen molar-refractivity contribution < 1.29 is 4.74 Å². The van der Waals surface area contributed by atoms with Crippen LogP contribution in [0.3, 0.4) is 0 Å². The summed E-state index contributed by atoms with van der Waals surface area (Å²) in [5.74, 6) is 0. The number of ether oxygens (including phenoxy) is 1. The Balaban J connectivity index is 1.99. The molecule has 1 unspecified atom stereocenters. The number of thiazole rings is 1. The highest BCUT2D eigenvalue weighted by Gasteiger charge is 2.25. The molecule has 1 aliphatic heterocycles. The molecule has 1 saturated heterocycles. The minimum atomic E-state index is -0.249. The Hall–Kier alpha value is -0.450. The fraction of sp³-hybridized carbons (Fsp3) is 0.769. The fourth-order valence-electron chi connectivity index (χ4n) is 2.28. The first kappa shape index (κ1) is 13.0. The highest BCUT2D eigenvalue weighted by Crippen LogP contribution is 2.28. The Morgan fingerprint density at radius 1 is 1.59 bits per heavy atom. The molecule has 1 aromatic rings. The minimum absolute atomic E-state index is 0.249. The van der Waals surface area contributed by atoms with Crippen molar-refractivity contribution in [2.45, 2.75) is 51.7 Å². The number of rotatable bonds is 5. The van der Waals surface area contributed by atoms with E-state index in [1.807, 2.05) is 6.92 Å². The van der Waals surface area contributed by atoms with Crippen molar-refractivity contribution in [2.24, 2.45) is 0 Å². The molecule has 3 nitrogen and oxygen atoms in total. The SMILES string of the molecule is CCOC(C)(C)c1nc(CC2CCCN2)cs1. The van der Waals surface area contributed by atoms with Gasteiger partial charge < -0.3 is 10.1 Å². The topological polar surface area (TPSA) is 34.1 Å². The highest BCUT2D eigenvalue weighted by atomic mass is 32.1. The predicted molar refractivity (Wildman–Crippen MR) is 71.5 cm³/mol. The van der Waals surface area contributed by atoms with E-state index in [2.05, 4.69) is 24.5 Å². The van der Waals surface area contributed by atoms with E-state index >= 15 is 0 Å². The van der Waals surface area contributed by atoms with Crippen LogP contribution in [0.4, 0.5) is 0 Å². The summed E-state index contributed by atoms with van der Waals surface area (Å²) in [5, 5.41) is 6.78. The van der Waals surface area contributed by atoms with Crippen LogP contribution in [-0.4, -0.2) is 24.2 Å². The van der Waals surface area contributed by atoms with Crippen molar-refractivity contribution in [3.8, 4) is 0 Å². The third-order valence-corrected chi connectivity index (χ3v) is 4.39. The van der Waals surface area contributed by atoms with Crippen molar-refractivity contribution in [1.82, 2.24) is 10.3 Å². The second-order valence-corrected chi connectivity index (χ2v) is 5.94. The van der Waals surface area contributed by atoms with Gasteiger partial charge in [0.05, 0.1) is 5.69 Å². The maximum atomic E-state index is 5.73. The van der Waals surface area contributed by atoms with Gasteiger partial charge in [-0.1, -0.05) is 0 Å². The van der Waals surface area contributed by atoms with E-state index in [4.69, 9.17) is 9.72 Å². The molecular weight excluding hydrogens is 232 g/mol. The van der Waals surface area contributed by atoms with Crippen molar-refractivity contribution in [2.75, 3.05) is 13.2 Å². The largest absolute Gasteiger partial charge is 0.369 e. The average molecular weight is 254 g/mol. The molecule has 0 bridgehead atoms. The molecule has 2 rings (SSSR count). The van der Waals surface area contributed by atoms with Gasteiger partial charge in [0.25, 0.3) is 0 Å². The lowest BCUT2D eigenvalue weighted by Gasteiger charge is -2.21. The van der Waals surface area contributed by atoms with Gasteiger partial charge >= 0.3 is 0 Å². The van der Waals surface area contributed by atoms with Gasteiger partial charge in [-0.05, 0) is 40.2 Å². The molecule has 0 spiro atoms. The molecule has 1 N–H and O–H groups in total. The van der Waals surface area contributed by atoms with E-state index in [0.29, 0.717) is 6.04 Å². The first-order chi connectivity index (χ1) is 8.12. The Bertz CT molecular complexity index is 356. The monoisotopic (exact) mass is 254 g/mol. The maximum absolute atomic E-state index is 5.73. The number of nitrogens with one attached hydrogen (secondary N) is 1. The summed E-state index contributed by atoms with van der Waals surface area (Å²) >= 11 is 1.72. The zero-order valence-electron chi connectivity index (χ0n) is 11.0. The summed E-state index contributed by atoms with van der Waals surface area (Å²) in [4.78, 5) is 4.72. The Kier molecular flexibility index (Phi) is 4.17. The average Bonchev–Trinajstić information content (AvgIpc) is 2.89. The van der Waals surface area contributed by atoms with Crippen LogP contribution in [0.1, 0.15) is 44.3 Å². The second-order valence-electron chi connectivity index (χ2n) is 5.08. The van der Waals surface area contributed by atoms with Crippen LogP contribution in [-0.2, 0) is 16.8 Å². The molecule has 4 heteroatoms. The van der Waals surface area contributed by atoms with Crippen LogP contribution in [0.25, 0.3) is 0 Å². The lowest BCUT2D eigenvalue weighted by atomic mass is 10.1. The summed E-state index contributed by atoms with van der Waals surface area (Å²) in [5.41, 5.74) is 0.956. The van der Waals surface area contributed by atoms with Crippen LogP contribution < -0.4 is 5.32 Å². The number of nitrogens with zero attached hydrogens (tertiary/aromatic N) is 1. The van der Waals surface area contributed by atoms with E-state index in [-0.39, 0.29) is 5.60 Å². The molecule has 0 aromatic carbocycles. The molecule has 17 heavy (non-hydrogen) atoms. The van der Waals surface area contributed by atoms with Crippen molar-refractivity contribution in [1.29, 1.82) is 0 Å². The van der Waals surface area contributed by atoms with Gasteiger partial charge in [0.1, 0.15) is 10.6 Å². The minimum Gasteiger partial charge on any atom is -0.369 e. The zero-order chi connectivity index (χ0) is 12.3. The molecule has 96 valence electrons. The quantitative estimate of drug-likeness (QED) is 0.877. The summed E-state index contributed by atoms with van der Waals surface area (Å²) < 4.78 is 5.73. The molecule has 1 fully saturated rings. The van der Waals surface area contributed by atoms with Crippen molar-refractivity contribution >= 4 is 11.3 Å². The van der Waals surface area contributed by atoms with Crippen LogP contribution in [0.5, 0.6) is 0 Å². The van der Waals surface area contributed by atoms with Crippen LogP contribution in [0, 0.1) is 0 Å². The first-order valence-electron chi connectivity index (χ1n) is 6.44. The molecule has 0 aliphatic carbocycles. The molecule has 2 heterocycles. The Morgan fingerprint density at radius 2 is 2.41 bits per heavy atom. The third kappa shape index (κ3) is 3.27. The molecule has 0 saturated carbocycles. The second kappa shape index (κ2) is 5.46. The van der Waals surface area contributed by atoms with Gasteiger partial charge in [-0.3, -0.25) is 0 Å². The summed E-state index contributed by atoms with van der Waals surface area (Å²) in [6.45, 7) is 8.09. The van der Waals surface area contributed by atoms with Gasteiger partial charge in [0, 0.05) is 24.4 Å². The van der Waals surface area contributed by atoms with Gasteiger partial charge in [-0.2, -0.15) is 0 Å². The maximum Gasteiger partial charge on any atom is 0.124 e. The Morgan fingerprint density at radius 3 is 3.06 bits per heavy atom.